The van der Waals surface area contributed by atoms with Gasteiger partial charge in [0.25, 0.3) is 0 Å². The van der Waals surface area contributed by atoms with Gasteiger partial charge in [-0.25, -0.2) is 0 Å². The van der Waals surface area contributed by atoms with Crippen LogP contribution in [0.2, 0.25) is 0 Å². The van der Waals surface area contributed by atoms with Crippen molar-refractivity contribution in [1.82, 2.24) is 15.1 Å². The van der Waals surface area contributed by atoms with Crippen LogP contribution >= 0.6 is 11.8 Å². The molecule has 0 amide bonds. The summed E-state index contributed by atoms with van der Waals surface area (Å²) in [5.41, 5.74) is 2.75. The van der Waals surface area contributed by atoms with Gasteiger partial charge in [-0.2, -0.15) is 0 Å². The van der Waals surface area contributed by atoms with Crippen LogP contribution in [-0.2, 0) is 13.1 Å². The summed E-state index contributed by atoms with van der Waals surface area (Å²) >= 11 is 1.74. The summed E-state index contributed by atoms with van der Waals surface area (Å²) in [7, 11) is 0. The van der Waals surface area contributed by atoms with Crippen molar-refractivity contribution in [3.8, 4) is 0 Å². The third kappa shape index (κ3) is 5.45. The molecule has 1 saturated heterocycles. The zero-order chi connectivity index (χ0) is 18.4. The van der Waals surface area contributed by atoms with Gasteiger partial charge in [0.05, 0.1) is 0 Å². The van der Waals surface area contributed by atoms with Crippen LogP contribution in [0.3, 0.4) is 0 Å². The Hall–Kier alpha value is -1.59. The van der Waals surface area contributed by atoms with Gasteiger partial charge in [0.15, 0.2) is 0 Å². The monoisotopic (exact) mass is 370 g/mol. The molecule has 1 aromatic carbocycles. The summed E-state index contributed by atoms with van der Waals surface area (Å²) < 4.78 is 0. The number of nitrogens with zero attached hydrogens (tertiary/aromatic N) is 3. The predicted molar refractivity (Wildman–Crippen MR) is 111 cm³/mol. The second-order valence-electron chi connectivity index (χ2n) is 7.36. The van der Waals surface area contributed by atoms with Gasteiger partial charge >= 0.3 is 0 Å². The molecule has 2 aromatic rings. The van der Waals surface area contributed by atoms with Gasteiger partial charge in [-0.3, -0.25) is 4.90 Å². The van der Waals surface area contributed by atoms with Crippen molar-refractivity contribution >= 4 is 17.6 Å². The van der Waals surface area contributed by atoms with E-state index in [4.69, 9.17) is 0 Å². The van der Waals surface area contributed by atoms with Crippen LogP contribution in [0.15, 0.2) is 41.4 Å². The summed E-state index contributed by atoms with van der Waals surface area (Å²) in [6.45, 7) is 9.71. The van der Waals surface area contributed by atoms with Gasteiger partial charge < -0.3 is 5.32 Å². The molecule has 1 aromatic heterocycles. The van der Waals surface area contributed by atoms with E-state index >= 15 is 0 Å². The Morgan fingerprint density at radius 3 is 2.62 bits per heavy atom. The highest BCUT2D eigenvalue weighted by atomic mass is 32.2. The van der Waals surface area contributed by atoms with Crippen LogP contribution in [0.1, 0.15) is 51.2 Å². The first-order valence-corrected chi connectivity index (χ1v) is 10.5. The maximum atomic E-state index is 4.31. The first kappa shape index (κ1) is 19.2. The Labute approximate surface area is 161 Å². The summed E-state index contributed by atoms with van der Waals surface area (Å²) in [4.78, 5) is 2.61. The van der Waals surface area contributed by atoms with E-state index in [1.165, 1.54) is 36.9 Å². The summed E-state index contributed by atoms with van der Waals surface area (Å²) in [5, 5.41) is 13.5. The number of hydrogen-bond acceptors (Lipinski definition) is 5. The highest BCUT2D eigenvalue weighted by Gasteiger charge is 2.19. The maximum absolute atomic E-state index is 4.31. The Kier molecular flexibility index (Phi) is 6.92. The van der Waals surface area contributed by atoms with Crippen LogP contribution in [0.4, 0.5) is 5.82 Å². The van der Waals surface area contributed by atoms with E-state index in [9.17, 15) is 0 Å². The van der Waals surface area contributed by atoms with Crippen LogP contribution in [-0.4, -0.2) is 32.9 Å². The average Bonchev–Trinajstić information content (AvgIpc) is 2.64. The molecule has 0 aliphatic carbocycles. The van der Waals surface area contributed by atoms with Crippen molar-refractivity contribution in [3.05, 3.63) is 47.5 Å². The lowest BCUT2D eigenvalue weighted by molar-refractivity contribution is 0.152. The molecule has 0 spiro atoms. The highest BCUT2D eigenvalue weighted by Crippen LogP contribution is 2.22. The van der Waals surface area contributed by atoms with E-state index in [2.05, 4.69) is 65.5 Å². The molecule has 26 heavy (non-hydrogen) atoms. The molecular weight excluding hydrogens is 340 g/mol. The Balaban J connectivity index is 1.61. The lowest BCUT2D eigenvalue weighted by Gasteiger charge is -2.33. The van der Waals surface area contributed by atoms with Gasteiger partial charge in [-0.05, 0) is 49.6 Å². The second-order valence-corrected chi connectivity index (χ2v) is 8.96. The molecule has 1 N–H and O–H groups in total. The molecule has 1 atom stereocenters. The minimum Gasteiger partial charge on any atom is -0.364 e. The van der Waals surface area contributed by atoms with Crippen molar-refractivity contribution in [3.63, 3.8) is 0 Å². The van der Waals surface area contributed by atoms with Crippen molar-refractivity contribution < 1.29 is 0 Å². The minimum atomic E-state index is 0.521. The summed E-state index contributed by atoms with van der Waals surface area (Å²) in [5.74, 6) is 0.833. The molecule has 0 bridgehead atoms. The third-order valence-electron chi connectivity index (χ3n) is 4.89. The summed E-state index contributed by atoms with van der Waals surface area (Å²) in [6, 6.07) is 13.5. The summed E-state index contributed by atoms with van der Waals surface area (Å²) in [6.07, 6.45) is 4.00. The molecule has 140 valence electrons. The fourth-order valence-corrected chi connectivity index (χ4v) is 4.12. The van der Waals surface area contributed by atoms with Crippen molar-refractivity contribution in [2.24, 2.45) is 0 Å². The number of benzene rings is 1. The quantitative estimate of drug-likeness (QED) is 0.697. The van der Waals surface area contributed by atoms with Gasteiger partial charge in [0.1, 0.15) is 10.8 Å². The molecular formula is C21H30N4S. The molecule has 1 fully saturated rings. The first-order chi connectivity index (χ1) is 12.6. The third-order valence-corrected chi connectivity index (χ3v) is 5.82. The van der Waals surface area contributed by atoms with Crippen LogP contribution < -0.4 is 5.32 Å². The molecule has 0 radical (unpaired) electrons. The standard InChI is InChI=1S/C21H30N4S/c1-16(2)26-21-12-11-20(23-24-21)22-14-18-9-4-5-10-19(18)15-25-13-7-6-8-17(25)3/h4-5,9-12,16-17H,6-8,13-15H2,1-3H3,(H,22,23). The van der Waals surface area contributed by atoms with Crippen LogP contribution in [0, 0.1) is 0 Å². The highest BCUT2D eigenvalue weighted by molar-refractivity contribution is 7.99. The fourth-order valence-electron chi connectivity index (χ4n) is 3.40. The van der Waals surface area contributed by atoms with Crippen molar-refractivity contribution in [1.29, 1.82) is 0 Å². The zero-order valence-corrected chi connectivity index (χ0v) is 16.9. The zero-order valence-electron chi connectivity index (χ0n) is 16.1. The predicted octanol–water partition coefficient (Wildman–Crippen LogP) is 4.96. The topological polar surface area (TPSA) is 41.0 Å². The van der Waals surface area contributed by atoms with Gasteiger partial charge in [0, 0.05) is 24.4 Å². The van der Waals surface area contributed by atoms with E-state index in [-0.39, 0.29) is 0 Å². The number of anilines is 1. The molecule has 1 aliphatic heterocycles. The van der Waals surface area contributed by atoms with Crippen molar-refractivity contribution in [2.75, 3.05) is 11.9 Å². The number of piperidine rings is 1. The molecule has 0 saturated carbocycles. The lowest BCUT2D eigenvalue weighted by Crippen LogP contribution is -2.37. The van der Waals surface area contributed by atoms with Gasteiger partial charge in [-0.1, -0.05) is 44.5 Å². The number of thioether (sulfide) groups is 1. The SMILES string of the molecule is CC(C)Sc1ccc(NCc2ccccc2CN2CCCCC2C)nn1. The van der Waals surface area contributed by atoms with E-state index < -0.39 is 0 Å². The largest absolute Gasteiger partial charge is 0.364 e. The molecule has 2 heterocycles. The number of hydrogen-bond donors (Lipinski definition) is 1. The second kappa shape index (κ2) is 9.38. The maximum Gasteiger partial charge on any atom is 0.148 e. The Morgan fingerprint density at radius 1 is 1.12 bits per heavy atom. The van der Waals surface area contributed by atoms with E-state index in [0.29, 0.717) is 11.3 Å². The molecule has 1 unspecified atom stereocenters. The van der Waals surface area contributed by atoms with Gasteiger partial charge in [-0.15, -0.1) is 22.0 Å². The molecule has 3 rings (SSSR count). The fraction of sp³-hybridized carbons (Fsp3) is 0.524. The number of nitrogens with one attached hydrogen (secondary N) is 1. The minimum absolute atomic E-state index is 0.521. The lowest BCUT2D eigenvalue weighted by atomic mass is 10.0. The van der Waals surface area contributed by atoms with E-state index in [1.807, 2.05) is 12.1 Å². The first-order valence-electron chi connectivity index (χ1n) is 9.67. The number of aromatic nitrogens is 2. The number of rotatable bonds is 7. The van der Waals surface area contributed by atoms with Crippen molar-refractivity contribution in [2.45, 2.75) is 69.4 Å². The number of likely N-dealkylation sites (tertiary alicyclic amines) is 1. The molecule has 4 nitrogen and oxygen atoms in total. The smallest absolute Gasteiger partial charge is 0.148 e. The van der Waals surface area contributed by atoms with Crippen LogP contribution in [0.25, 0.3) is 0 Å². The van der Waals surface area contributed by atoms with E-state index in [0.717, 1.165) is 23.9 Å². The van der Waals surface area contributed by atoms with Crippen LogP contribution in [0.5, 0.6) is 0 Å². The molecule has 1 aliphatic rings. The van der Waals surface area contributed by atoms with Gasteiger partial charge in [0.2, 0.25) is 0 Å². The molecule has 5 heteroatoms. The van der Waals surface area contributed by atoms with E-state index in [1.54, 1.807) is 11.8 Å². The Bertz CT molecular complexity index is 687. The average molecular weight is 371 g/mol. The Morgan fingerprint density at radius 2 is 1.92 bits per heavy atom. The normalized spacial score (nSPS) is 18.2.